The number of amides is 1. The summed E-state index contributed by atoms with van der Waals surface area (Å²) in [6.45, 7) is 10.0. The molecule has 5 heteroatoms. The van der Waals surface area contributed by atoms with Crippen molar-refractivity contribution in [1.29, 1.82) is 0 Å². The molecular weight excluding hydrogens is 362 g/mol. The zero-order valence-corrected chi connectivity index (χ0v) is 18.3. The number of hydrogen-bond donors (Lipinski definition) is 3. The Labute approximate surface area is 174 Å². The number of fused-ring (bicyclic) bond motifs is 1. The molecule has 1 aromatic carbocycles. The molecule has 0 saturated heterocycles. The van der Waals surface area contributed by atoms with Crippen LogP contribution in [0.25, 0.3) is 10.9 Å². The molecule has 0 aliphatic rings. The Morgan fingerprint density at radius 2 is 1.86 bits per heavy atom. The van der Waals surface area contributed by atoms with Crippen molar-refractivity contribution in [2.75, 3.05) is 0 Å². The summed E-state index contributed by atoms with van der Waals surface area (Å²) < 4.78 is 0. The fourth-order valence-corrected chi connectivity index (χ4v) is 3.57. The van der Waals surface area contributed by atoms with Gasteiger partial charge in [-0.25, -0.2) is 0 Å². The second kappa shape index (κ2) is 9.88. The van der Waals surface area contributed by atoms with E-state index in [1.807, 2.05) is 57.3 Å². The van der Waals surface area contributed by atoms with E-state index in [0.29, 0.717) is 19.3 Å². The van der Waals surface area contributed by atoms with Crippen LogP contribution in [0.4, 0.5) is 0 Å². The zero-order chi connectivity index (χ0) is 21.6. The third-order valence-electron chi connectivity index (χ3n) is 5.02. The van der Waals surface area contributed by atoms with E-state index in [4.69, 9.17) is 5.73 Å². The highest BCUT2D eigenvalue weighted by molar-refractivity contribution is 5.89. The number of primary amides is 1. The lowest BCUT2D eigenvalue weighted by Crippen LogP contribution is -2.35. The number of hydrogen-bond acceptors (Lipinski definition) is 3. The van der Waals surface area contributed by atoms with Crippen molar-refractivity contribution < 1.29 is 9.59 Å². The highest BCUT2D eigenvalue weighted by Gasteiger charge is 2.29. The molecule has 29 heavy (non-hydrogen) atoms. The minimum absolute atomic E-state index is 0.000683. The van der Waals surface area contributed by atoms with Gasteiger partial charge >= 0.3 is 0 Å². The Balaban J connectivity index is 2.27. The second-order valence-corrected chi connectivity index (χ2v) is 9.10. The second-order valence-electron chi connectivity index (χ2n) is 9.10. The number of aromatic nitrogens is 1. The summed E-state index contributed by atoms with van der Waals surface area (Å²) in [5.74, 6) is -0.341. The molecular formula is C24H35N3O2. The van der Waals surface area contributed by atoms with Gasteiger partial charge in [0, 0.05) is 46.9 Å². The first-order valence-electron chi connectivity index (χ1n) is 10.4. The molecule has 5 nitrogen and oxygen atoms in total. The Bertz CT molecular complexity index is 858. The average Bonchev–Trinajstić information content (AvgIpc) is 3.04. The molecule has 2 rings (SSSR count). The highest BCUT2D eigenvalue weighted by atomic mass is 16.1. The summed E-state index contributed by atoms with van der Waals surface area (Å²) in [6.07, 6.45) is 7.62. The molecule has 0 spiro atoms. The molecule has 0 aliphatic carbocycles. The fraction of sp³-hybridized carbons (Fsp3) is 0.500. The van der Waals surface area contributed by atoms with Gasteiger partial charge in [0.1, 0.15) is 5.78 Å². The summed E-state index contributed by atoms with van der Waals surface area (Å²) in [7, 11) is 0. The minimum Gasteiger partial charge on any atom is -0.370 e. The van der Waals surface area contributed by atoms with Gasteiger partial charge < -0.3 is 16.0 Å². The SMILES string of the molecule is CC(C)NC(/C=C/[C@@H](Cc1c[nH]c2ccccc12)C(=O)C(C)(C)C)CCC(N)=O. The number of carbonyl (C=O) groups is 2. The molecule has 1 heterocycles. The predicted molar refractivity (Wildman–Crippen MR) is 120 cm³/mol. The Kier molecular flexibility index (Phi) is 7.80. The van der Waals surface area contributed by atoms with E-state index in [0.717, 1.165) is 16.5 Å². The third-order valence-corrected chi connectivity index (χ3v) is 5.02. The predicted octanol–water partition coefficient (Wildman–Crippen LogP) is 4.13. The first-order chi connectivity index (χ1) is 13.6. The largest absolute Gasteiger partial charge is 0.370 e. The molecule has 0 fully saturated rings. The summed E-state index contributed by atoms with van der Waals surface area (Å²) in [4.78, 5) is 27.7. The maximum Gasteiger partial charge on any atom is 0.217 e. The quantitative estimate of drug-likeness (QED) is 0.527. The van der Waals surface area contributed by atoms with Crippen LogP contribution in [0.3, 0.4) is 0 Å². The van der Waals surface area contributed by atoms with Gasteiger partial charge in [-0.2, -0.15) is 0 Å². The van der Waals surface area contributed by atoms with Gasteiger partial charge in [-0.15, -0.1) is 0 Å². The van der Waals surface area contributed by atoms with Gasteiger partial charge in [-0.1, -0.05) is 65.0 Å². The summed E-state index contributed by atoms with van der Waals surface area (Å²) in [6, 6.07) is 8.41. The van der Waals surface area contributed by atoms with Crippen molar-refractivity contribution in [3.05, 3.63) is 48.2 Å². The van der Waals surface area contributed by atoms with Crippen molar-refractivity contribution in [2.24, 2.45) is 17.1 Å². The molecule has 0 bridgehead atoms. The average molecular weight is 398 g/mol. The fourth-order valence-electron chi connectivity index (χ4n) is 3.57. The van der Waals surface area contributed by atoms with Crippen molar-refractivity contribution in [3.63, 3.8) is 0 Å². The molecule has 2 aromatic rings. The van der Waals surface area contributed by atoms with Crippen molar-refractivity contribution in [3.8, 4) is 0 Å². The van der Waals surface area contributed by atoms with Crippen LogP contribution < -0.4 is 11.1 Å². The number of nitrogens with one attached hydrogen (secondary N) is 2. The van der Waals surface area contributed by atoms with E-state index in [1.54, 1.807) is 0 Å². The van der Waals surface area contributed by atoms with Crippen molar-refractivity contribution in [1.82, 2.24) is 10.3 Å². The monoisotopic (exact) mass is 397 g/mol. The van der Waals surface area contributed by atoms with Crippen LogP contribution in [0.2, 0.25) is 0 Å². The summed E-state index contributed by atoms with van der Waals surface area (Å²) in [5, 5.41) is 4.60. The first kappa shape index (κ1) is 22.9. The van der Waals surface area contributed by atoms with Crippen molar-refractivity contribution in [2.45, 2.75) is 66.0 Å². The van der Waals surface area contributed by atoms with Crippen LogP contribution >= 0.6 is 0 Å². The first-order valence-corrected chi connectivity index (χ1v) is 10.4. The van der Waals surface area contributed by atoms with E-state index in [2.05, 4.69) is 30.2 Å². The summed E-state index contributed by atoms with van der Waals surface area (Å²) >= 11 is 0. The van der Waals surface area contributed by atoms with Gasteiger partial charge in [0.15, 0.2) is 0 Å². The minimum atomic E-state index is -0.435. The molecule has 0 radical (unpaired) electrons. The van der Waals surface area contributed by atoms with E-state index in [-0.39, 0.29) is 29.7 Å². The molecule has 0 saturated carbocycles. The number of Topliss-reactive ketones (excluding diaryl/α,β-unsaturated/α-hetero) is 1. The van der Waals surface area contributed by atoms with Crippen LogP contribution in [0.1, 0.15) is 53.0 Å². The van der Waals surface area contributed by atoms with E-state index in [9.17, 15) is 9.59 Å². The lowest BCUT2D eigenvalue weighted by atomic mass is 9.80. The zero-order valence-electron chi connectivity index (χ0n) is 18.3. The van der Waals surface area contributed by atoms with Crippen LogP contribution in [-0.2, 0) is 16.0 Å². The van der Waals surface area contributed by atoms with Gasteiger partial charge in [0.05, 0.1) is 0 Å². The molecule has 1 unspecified atom stereocenters. The van der Waals surface area contributed by atoms with Crippen LogP contribution in [0, 0.1) is 11.3 Å². The van der Waals surface area contributed by atoms with Gasteiger partial charge in [-0.05, 0) is 24.5 Å². The maximum atomic E-state index is 13.2. The van der Waals surface area contributed by atoms with Gasteiger partial charge in [0.25, 0.3) is 0 Å². The normalized spacial score (nSPS) is 14.6. The number of carbonyl (C=O) groups excluding carboxylic acids is 2. The molecule has 2 atom stereocenters. The van der Waals surface area contributed by atoms with Crippen LogP contribution in [-0.4, -0.2) is 28.8 Å². The molecule has 1 amide bonds. The number of H-pyrrole nitrogens is 1. The van der Waals surface area contributed by atoms with Gasteiger partial charge in [0.2, 0.25) is 5.91 Å². The number of aromatic amines is 1. The lowest BCUT2D eigenvalue weighted by molar-refractivity contribution is -0.129. The Morgan fingerprint density at radius 3 is 2.48 bits per heavy atom. The molecule has 0 aliphatic heterocycles. The number of para-hydroxylation sites is 1. The molecule has 158 valence electrons. The Morgan fingerprint density at radius 1 is 1.17 bits per heavy atom. The number of ketones is 1. The summed E-state index contributed by atoms with van der Waals surface area (Å²) in [5.41, 5.74) is 7.11. The topological polar surface area (TPSA) is 88.0 Å². The molecule has 4 N–H and O–H groups in total. The van der Waals surface area contributed by atoms with Crippen LogP contribution in [0.5, 0.6) is 0 Å². The Hall–Kier alpha value is -2.40. The van der Waals surface area contributed by atoms with E-state index in [1.165, 1.54) is 0 Å². The lowest BCUT2D eigenvalue weighted by Gasteiger charge is -2.24. The van der Waals surface area contributed by atoms with Crippen molar-refractivity contribution >= 4 is 22.6 Å². The smallest absolute Gasteiger partial charge is 0.217 e. The molecule has 1 aromatic heterocycles. The van der Waals surface area contributed by atoms with E-state index >= 15 is 0 Å². The number of benzene rings is 1. The maximum absolute atomic E-state index is 13.2. The third kappa shape index (κ3) is 6.86. The van der Waals surface area contributed by atoms with E-state index < -0.39 is 5.41 Å². The van der Waals surface area contributed by atoms with Gasteiger partial charge in [-0.3, -0.25) is 9.59 Å². The standard InChI is InChI=1S/C24H35N3O2/c1-16(2)27-19(12-13-22(25)28)11-10-17(23(29)24(3,4)5)14-18-15-26-21-9-7-6-8-20(18)21/h6-11,15-17,19,26-27H,12-14H2,1-5H3,(H2,25,28)/b11-10+/t17-,19?/m0/s1. The highest BCUT2D eigenvalue weighted by Crippen LogP contribution is 2.27. The van der Waals surface area contributed by atoms with Crippen LogP contribution in [0.15, 0.2) is 42.6 Å². The number of nitrogens with two attached hydrogens (primary N) is 1. The number of rotatable bonds is 10. The number of allylic oxidation sites excluding steroid dienone is 1.